The zero-order chi connectivity index (χ0) is 16.2. The lowest BCUT2D eigenvalue weighted by Crippen LogP contribution is -2.20. The van der Waals surface area contributed by atoms with Gasteiger partial charge in [-0.2, -0.15) is 5.10 Å². The van der Waals surface area contributed by atoms with Gasteiger partial charge in [0, 0.05) is 30.1 Å². The molecule has 1 atom stereocenters. The Bertz CT molecular complexity index is 669. The van der Waals surface area contributed by atoms with Gasteiger partial charge in [0.15, 0.2) is 5.78 Å². The molecule has 0 bridgehead atoms. The molecule has 0 aliphatic carbocycles. The summed E-state index contributed by atoms with van der Waals surface area (Å²) in [6.45, 7) is 6.90. The summed E-state index contributed by atoms with van der Waals surface area (Å²) in [7, 11) is 0. The minimum Gasteiger partial charge on any atom is -0.494 e. The third kappa shape index (κ3) is 3.59. The Hall–Kier alpha value is -2.21. The number of hydrogen-bond acceptors (Lipinski definition) is 5. The number of carbonyl (C=O) groups is 1. The van der Waals surface area contributed by atoms with Crippen molar-refractivity contribution in [1.82, 2.24) is 20.1 Å². The highest BCUT2D eigenvalue weighted by Gasteiger charge is 2.26. The smallest absolute Gasteiger partial charge is 0.159 e. The monoisotopic (exact) mass is 314 g/mol. The highest BCUT2D eigenvalue weighted by atomic mass is 16.5. The molecule has 6 heteroatoms. The topological polar surface area (TPSA) is 71.1 Å². The van der Waals surface area contributed by atoms with Crippen LogP contribution in [0.4, 0.5) is 0 Å². The molecule has 0 unspecified atom stereocenters. The van der Waals surface area contributed by atoms with E-state index in [1.807, 2.05) is 25.1 Å². The first-order chi connectivity index (χ1) is 11.2. The lowest BCUT2D eigenvalue weighted by atomic mass is 10.1. The maximum absolute atomic E-state index is 11.6. The predicted molar refractivity (Wildman–Crippen MR) is 86.6 cm³/mol. The summed E-state index contributed by atoms with van der Waals surface area (Å²) < 4.78 is 5.71. The van der Waals surface area contributed by atoms with E-state index in [-0.39, 0.29) is 5.78 Å². The fourth-order valence-corrected chi connectivity index (χ4v) is 3.07. The predicted octanol–water partition coefficient (Wildman–Crippen LogP) is 2.40. The molecule has 6 nitrogen and oxygen atoms in total. The number of nitrogens with zero attached hydrogens (tertiary/aromatic N) is 3. The van der Waals surface area contributed by atoms with Crippen molar-refractivity contribution in [3.63, 3.8) is 0 Å². The van der Waals surface area contributed by atoms with Crippen LogP contribution in [0.1, 0.15) is 47.9 Å². The van der Waals surface area contributed by atoms with Crippen molar-refractivity contribution in [1.29, 1.82) is 0 Å². The number of ketones is 1. The Kier molecular flexibility index (Phi) is 4.71. The SMILES string of the molecule is CCOc1ccc(C(C)=O)cc1CN1CC[C@H](c2ncn[nH]2)C1. The van der Waals surface area contributed by atoms with Crippen molar-refractivity contribution in [2.45, 2.75) is 32.7 Å². The van der Waals surface area contributed by atoms with Crippen LogP contribution < -0.4 is 4.74 Å². The maximum Gasteiger partial charge on any atom is 0.159 e. The lowest BCUT2D eigenvalue weighted by molar-refractivity contribution is 0.101. The summed E-state index contributed by atoms with van der Waals surface area (Å²) in [6.07, 6.45) is 2.62. The molecule has 0 saturated carbocycles. The van der Waals surface area contributed by atoms with Crippen LogP contribution in [0.15, 0.2) is 24.5 Å². The summed E-state index contributed by atoms with van der Waals surface area (Å²) in [5.74, 6) is 2.29. The number of rotatable bonds is 6. The maximum atomic E-state index is 11.6. The molecule has 1 N–H and O–H groups in total. The van der Waals surface area contributed by atoms with Crippen LogP contribution in [0.2, 0.25) is 0 Å². The summed E-state index contributed by atoms with van der Waals surface area (Å²) in [5, 5.41) is 6.90. The van der Waals surface area contributed by atoms with Crippen molar-refractivity contribution in [3.8, 4) is 5.75 Å². The number of ether oxygens (including phenoxy) is 1. The minimum atomic E-state index is 0.0789. The molecule has 1 aromatic heterocycles. The molecule has 2 heterocycles. The van der Waals surface area contributed by atoms with Crippen molar-refractivity contribution in [2.24, 2.45) is 0 Å². The molecule has 2 aromatic rings. The fourth-order valence-electron chi connectivity index (χ4n) is 3.07. The molecule has 122 valence electrons. The van der Waals surface area contributed by atoms with E-state index in [1.165, 1.54) is 0 Å². The van der Waals surface area contributed by atoms with Crippen molar-refractivity contribution in [3.05, 3.63) is 41.5 Å². The van der Waals surface area contributed by atoms with Crippen LogP contribution in [0.5, 0.6) is 5.75 Å². The van der Waals surface area contributed by atoms with E-state index in [1.54, 1.807) is 13.3 Å². The largest absolute Gasteiger partial charge is 0.494 e. The van der Waals surface area contributed by atoms with Gasteiger partial charge in [0.25, 0.3) is 0 Å². The molecular weight excluding hydrogens is 292 g/mol. The Morgan fingerprint density at radius 1 is 1.48 bits per heavy atom. The molecule has 1 aromatic carbocycles. The fraction of sp³-hybridized carbons (Fsp3) is 0.471. The van der Waals surface area contributed by atoms with E-state index in [4.69, 9.17) is 4.74 Å². The van der Waals surface area contributed by atoms with E-state index < -0.39 is 0 Å². The quantitative estimate of drug-likeness (QED) is 0.829. The minimum absolute atomic E-state index is 0.0789. The molecule has 1 fully saturated rings. The van der Waals surface area contributed by atoms with Crippen LogP contribution in [0.3, 0.4) is 0 Å². The second kappa shape index (κ2) is 6.91. The summed E-state index contributed by atoms with van der Waals surface area (Å²) >= 11 is 0. The molecule has 1 aliphatic rings. The number of benzene rings is 1. The number of H-pyrrole nitrogens is 1. The molecule has 0 radical (unpaired) electrons. The third-order valence-electron chi connectivity index (χ3n) is 4.25. The highest BCUT2D eigenvalue weighted by molar-refractivity contribution is 5.94. The molecular formula is C17H22N4O2. The summed E-state index contributed by atoms with van der Waals surface area (Å²) in [5.41, 5.74) is 1.80. The van der Waals surface area contributed by atoms with Crippen LogP contribution in [0.25, 0.3) is 0 Å². The molecule has 0 amide bonds. The standard InChI is InChI=1S/C17H22N4O2/c1-3-23-16-5-4-13(12(2)22)8-15(16)10-21-7-6-14(9-21)17-18-11-19-20-17/h4-5,8,11,14H,3,6-7,9-10H2,1-2H3,(H,18,19,20)/t14-/m0/s1. The second-order valence-electron chi connectivity index (χ2n) is 5.90. The van der Waals surface area contributed by atoms with Crippen molar-refractivity contribution >= 4 is 5.78 Å². The lowest BCUT2D eigenvalue weighted by Gasteiger charge is -2.18. The number of likely N-dealkylation sites (tertiary alicyclic amines) is 1. The first-order valence-electron chi connectivity index (χ1n) is 8.01. The molecule has 1 aliphatic heterocycles. The number of hydrogen-bond donors (Lipinski definition) is 1. The van der Waals surface area contributed by atoms with Crippen LogP contribution in [-0.4, -0.2) is 45.6 Å². The van der Waals surface area contributed by atoms with E-state index in [0.717, 1.165) is 48.8 Å². The number of carbonyl (C=O) groups excluding carboxylic acids is 1. The summed E-state index contributed by atoms with van der Waals surface area (Å²) in [6, 6.07) is 5.69. The molecule has 3 rings (SSSR count). The van der Waals surface area contributed by atoms with E-state index >= 15 is 0 Å². The van der Waals surface area contributed by atoms with Crippen LogP contribution in [-0.2, 0) is 6.54 Å². The zero-order valence-corrected chi connectivity index (χ0v) is 13.6. The van der Waals surface area contributed by atoms with Gasteiger partial charge in [0.05, 0.1) is 6.61 Å². The highest BCUT2D eigenvalue weighted by Crippen LogP contribution is 2.28. The van der Waals surface area contributed by atoms with Gasteiger partial charge < -0.3 is 4.74 Å². The van der Waals surface area contributed by atoms with E-state index in [2.05, 4.69) is 20.1 Å². The van der Waals surface area contributed by atoms with Crippen LogP contribution >= 0.6 is 0 Å². The number of aromatic nitrogens is 3. The van der Waals surface area contributed by atoms with Crippen LogP contribution in [0, 0.1) is 0 Å². The van der Waals surface area contributed by atoms with Gasteiger partial charge in [-0.25, -0.2) is 4.98 Å². The van der Waals surface area contributed by atoms with Crippen molar-refractivity contribution in [2.75, 3.05) is 19.7 Å². The average molecular weight is 314 g/mol. The van der Waals surface area contributed by atoms with Gasteiger partial charge in [-0.15, -0.1) is 0 Å². The van der Waals surface area contributed by atoms with Gasteiger partial charge in [-0.1, -0.05) is 0 Å². The second-order valence-corrected chi connectivity index (χ2v) is 5.90. The Morgan fingerprint density at radius 2 is 2.35 bits per heavy atom. The molecule has 1 saturated heterocycles. The van der Waals surface area contributed by atoms with E-state index in [9.17, 15) is 4.79 Å². The van der Waals surface area contributed by atoms with Gasteiger partial charge in [-0.3, -0.25) is 14.8 Å². The molecule has 0 spiro atoms. The third-order valence-corrected chi connectivity index (χ3v) is 4.25. The zero-order valence-electron chi connectivity index (χ0n) is 13.6. The average Bonchev–Trinajstić information content (AvgIpc) is 3.20. The normalized spacial score (nSPS) is 18.3. The van der Waals surface area contributed by atoms with Gasteiger partial charge >= 0.3 is 0 Å². The summed E-state index contributed by atoms with van der Waals surface area (Å²) in [4.78, 5) is 18.3. The van der Waals surface area contributed by atoms with Gasteiger partial charge in [0.2, 0.25) is 0 Å². The Balaban J connectivity index is 1.74. The van der Waals surface area contributed by atoms with Crippen molar-refractivity contribution < 1.29 is 9.53 Å². The Morgan fingerprint density at radius 3 is 3.04 bits per heavy atom. The number of Topliss-reactive ketones (excluding diaryl/α,β-unsaturated/α-hetero) is 1. The number of aromatic amines is 1. The first-order valence-corrected chi connectivity index (χ1v) is 8.01. The molecule has 23 heavy (non-hydrogen) atoms. The van der Waals surface area contributed by atoms with Gasteiger partial charge in [0.1, 0.15) is 17.9 Å². The Labute approximate surface area is 135 Å². The van der Waals surface area contributed by atoms with Gasteiger partial charge in [-0.05, 0) is 45.0 Å². The first kappa shape index (κ1) is 15.7. The van der Waals surface area contributed by atoms with E-state index in [0.29, 0.717) is 12.5 Å². The number of nitrogens with one attached hydrogen (secondary N) is 1.